The minimum atomic E-state index is 0.511. The first-order valence-corrected chi connectivity index (χ1v) is 9.81. The number of methoxy groups -OCH3 is 2. The number of nitrogens with zero attached hydrogens (tertiary/aromatic N) is 4. The lowest BCUT2D eigenvalue weighted by atomic mass is 10.1. The summed E-state index contributed by atoms with van der Waals surface area (Å²) in [5.74, 6) is 3.61. The van der Waals surface area contributed by atoms with Gasteiger partial charge in [0.15, 0.2) is 11.8 Å². The number of likely N-dealkylation sites (tertiary alicyclic amines) is 1. The molecule has 9 heteroatoms. The molecule has 2 aromatic rings. The van der Waals surface area contributed by atoms with Gasteiger partial charge in [0.1, 0.15) is 11.6 Å². The third-order valence-electron chi connectivity index (χ3n) is 4.88. The first-order valence-electron chi connectivity index (χ1n) is 9.81. The molecule has 3 rings (SSSR count). The van der Waals surface area contributed by atoms with Gasteiger partial charge < -0.3 is 24.4 Å². The molecule has 1 aliphatic heterocycles. The summed E-state index contributed by atoms with van der Waals surface area (Å²) in [6.45, 7) is 4.45. The topological polar surface area (TPSA) is 96.9 Å². The van der Waals surface area contributed by atoms with Crippen LogP contribution in [-0.4, -0.2) is 80.2 Å². The van der Waals surface area contributed by atoms with Crippen molar-refractivity contribution in [2.75, 3.05) is 54.2 Å². The smallest absolute Gasteiger partial charge is 0.194 e. The minimum Gasteiger partial charge on any atom is -0.497 e. The van der Waals surface area contributed by atoms with Crippen LogP contribution in [0.3, 0.4) is 0 Å². The van der Waals surface area contributed by atoms with Gasteiger partial charge in [-0.25, -0.2) is 4.98 Å². The van der Waals surface area contributed by atoms with Crippen LogP contribution in [0, 0.1) is 5.92 Å². The Labute approximate surface area is 171 Å². The number of nitrogens with one attached hydrogen (secondary N) is 2. The first-order chi connectivity index (χ1) is 14.2. The normalized spacial score (nSPS) is 17.0. The molecule has 1 saturated heterocycles. The molecule has 1 aromatic carbocycles. The van der Waals surface area contributed by atoms with Crippen LogP contribution in [0.25, 0.3) is 11.4 Å². The predicted molar refractivity (Wildman–Crippen MR) is 111 cm³/mol. The van der Waals surface area contributed by atoms with Gasteiger partial charge in [0.2, 0.25) is 0 Å². The van der Waals surface area contributed by atoms with Crippen molar-refractivity contribution >= 4 is 5.96 Å². The van der Waals surface area contributed by atoms with Gasteiger partial charge in [0.05, 0.1) is 33.5 Å². The largest absolute Gasteiger partial charge is 0.497 e. The number of hydrogen-bond donors (Lipinski definition) is 2. The molecule has 1 aromatic heterocycles. The number of rotatable bonds is 9. The van der Waals surface area contributed by atoms with Crippen molar-refractivity contribution in [3.05, 3.63) is 30.1 Å². The average Bonchev–Trinajstić information content (AvgIpc) is 3.42. The van der Waals surface area contributed by atoms with E-state index >= 15 is 0 Å². The number of aromatic amines is 1. The second-order valence-electron chi connectivity index (χ2n) is 6.90. The van der Waals surface area contributed by atoms with Gasteiger partial charge >= 0.3 is 0 Å². The summed E-state index contributed by atoms with van der Waals surface area (Å²) in [5, 5.41) is 10.7. The molecule has 1 atom stereocenters. The Bertz CT molecular complexity index is 777. The predicted octanol–water partition coefficient (Wildman–Crippen LogP) is 1.54. The standard InChI is InChI=1S/C20H30N6O3/c1-21-20(26-9-8-15(13-26)14-29-11-10-27-2)22-12-18-23-19(25-24-18)16-4-6-17(28-3)7-5-16/h4-7,15H,8-14H2,1-3H3,(H,21,22)(H,23,24,25). The summed E-state index contributed by atoms with van der Waals surface area (Å²) < 4.78 is 15.9. The van der Waals surface area contributed by atoms with E-state index in [1.54, 1.807) is 21.3 Å². The maximum Gasteiger partial charge on any atom is 0.194 e. The van der Waals surface area contributed by atoms with Gasteiger partial charge in [-0.1, -0.05) is 0 Å². The third kappa shape index (κ3) is 5.91. The number of H-pyrrole nitrogens is 1. The summed E-state index contributed by atoms with van der Waals surface area (Å²) in [5.41, 5.74) is 0.938. The zero-order chi connectivity index (χ0) is 20.5. The molecule has 158 valence electrons. The molecular formula is C20H30N6O3. The van der Waals surface area contributed by atoms with E-state index in [0.29, 0.717) is 31.5 Å². The first kappa shape index (κ1) is 21.1. The Morgan fingerprint density at radius 3 is 2.83 bits per heavy atom. The molecule has 1 fully saturated rings. The van der Waals surface area contributed by atoms with Crippen molar-refractivity contribution in [2.24, 2.45) is 10.9 Å². The highest BCUT2D eigenvalue weighted by Gasteiger charge is 2.25. The number of ether oxygens (including phenoxy) is 3. The molecule has 0 amide bonds. The summed E-state index contributed by atoms with van der Waals surface area (Å²) in [7, 11) is 5.13. The van der Waals surface area contributed by atoms with Crippen LogP contribution in [0.2, 0.25) is 0 Å². The number of benzene rings is 1. The fourth-order valence-electron chi connectivity index (χ4n) is 3.29. The van der Waals surface area contributed by atoms with E-state index < -0.39 is 0 Å². The highest BCUT2D eigenvalue weighted by molar-refractivity contribution is 5.80. The minimum absolute atomic E-state index is 0.511. The number of hydrogen-bond acceptors (Lipinski definition) is 6. The Balaban J connectivity index is 1.48. The maximum absolute atomic E-state index is 5.67. The van der Waals surface area contributed by atoms with E-state index in [0.717, 1.165) is 49.2 Å². The molecule has 0 spiro atoms. The maximum atomic E-state index is 5.67. The van der Waals surface area contributed by atoms with Crippen LogP contribution in [0.1, 0.15) is 12.2 Å². The SMILES string of the molecule is CN=C(NCc1nc(-c2ccc(OC)cc2)n[nH]1)N1CCC(COCCOC)C1. The van der Waals surface area contributed by atoms with Crippen LogP contribution in [0.5, 0.6) is 5.75 Å². The monoisotopic (exact) mass is 402 g/mol. The van der Waals surface area contributed by atoms with Crippen molar-refractivity contribution in [1.82, 2.24) is 25.4 Å². The van der Waals surface area contributed by atoms with E-state index in [4.69, 9.17) is 14.2 Å². The van der Waals surface area contributed by atoms with Crippen molar-refractivity contribution in [3.63, 3.8) is 0 Å². The summed E-state index contributed by atoms with van der Waals surface area (Å²) >= 11 is 0. The Kier molecular flexibility index (Phi) is 7.83. The van der Waals surface area contributed by atoms with Gasteiger partial charge in [-0.05, 0) is 30.7 Å². The second-order valence-corrected chi connectivity index (χ2v) is 6.90. The van der Waals surface area contributed by atoms with Gasteiger partial charge in [-0.3, -0.25) is 10.1 Å². The Morgan fingerprint density at radius 1 is 1.28 bits per heavy atom. The number of aromatic nitrogens is 3. The molecular weight excluding hydrogens is 372 g/mol. The highest BCUT2D eigenvalue weighted by atomic mass is 16.5. The summed E-state index contributed by atoms with van der Waals surface area (Å²) in [6, 6.07) is 7.68. The van der Waals surface area contributed by atoms with E-state index in [9.17, 15) is 0 Å². The molecule has 0 radical (unpaired) electrons. The van der Waals surface area contributed by atoms with E-state index in [1.165, 1.54) is 0 Å². The average molecular weight is 402 g/mol. The van der Waals surface area contributed by atoms with Crippen molar-refractivity contribution < 1.29 is 14.2 Å². The fourth-order valence-corrected chi connectivity index (χ4v) is 3.29. The Hall–Kier alpha value is -2.65. The molecule has 29 heavy (non-hydrogen) atoms. The van der Waals surface area contributed by atoms with Crippen LogP contribution in [-0.2, 0) is 16.0 Å². The lowest BCUT2D eigenvalue weighted by molar-refractivity contribution is 0.0536. The van der Waals surface area contributed by atoms with Crippen LogP contribution in [0.4, 0.5) is 0 Å². The van der Waals surface area contributed by atoms with Crippen molar-refractivity contribution in [1.29, 1.82) is 0 Å². The van der Waals surface area contributed by atoms with Gasteiger partial charge in [0, 0.05) is 38.7 Å². The molecule has 2 N–H and O–H groups in total. The summed E-state index contributed by atoms with van der Waals surface area (Å²) in [4.78, 5) is 11.2. The molecule has 2 heterocycles. The quantitative estimate of drug-likeness (QED) is 0.373. The molecule has 9 nitrogen and oxygen atoms in total. The van der Waals surface area contributed by atoms with Crippen LogP contribution in [0.15, 0.2) is 29.3 Å². The molecule has 0 saturated carbocycles. The van der Waals surface area contributed by atoms with Crippen molar-refractivity contribution in [2.45, 2.75) is 13.0 Å². The second kappa shape index (κ2) is 10.8. The highest BCUT2D eigenvalue weighted by Crippen LogP contribution is 2.19. The van der Waals surface area contributed by atoms with E-state index in [-0.39, 0.29) is 0 Å². The van der Waals surface area contributed by atoms with Gasteiger partial charge in [-0.15, -0.1) is 0 Å². The van der Waals surface area contributed by atoms with Crippen molar-refractivity contribution in [3.8, 4) is 17.1 Å². The third-order valence-corrected chi connectivity index (χ3v) is 4.88. The lowest BCUT2D eigenvalue weighted by Crippen LogP contribution is -2.40. The number of aliphatic imine (C=N–C) groups is 1. The zero-order valence-electron chi connectivity index (χ0n) is 17.4. The van der Waals surface area contributed by atoms with Crippen LogP contribution < -0.4 is 10.1 Å². The number of guanidine groups is 1. The van der Waals surface area contributed by atoms with Crippen LogP contribution >= 0.6 is 0 Å². The molecule has 0 aliphatic carbocycles. The molecule has 1 aliphatic rings. The fraction of sp³-hybridized carbons (Fsp3) is 0.550. The van der Waals surface area contributed by atoms with E-state index in [1.807, 2.05) is 24.3 Å². The Morgan fingerprint density at radius 2 is 2.10 bits per heavy atom. The van der Waals surface area contributed by atoms with Gasteiger partial charge in [0.25, 0.3) is 0 Å². The zero-order valence-corrected chi connectivity index (χ0v) is 17.4. The summed E-state index contributed by atoms with van der Waals surface area (Å²) in [6.07, 6.45) is 1.09. The lowest BCUT2D eigenvalue weighted by Gasteiger charge is -2.21. The van der Waals surface area contributed by atoms with E-state index in [2.05, 4.69) is 30.4 Å². The molecule has 1 unspecified atom stereocenters. The molecule has 0 bridgehead atoms. The van der Waals surface area contributed by atoms with Gasteiger partial charge in [-0.2, -0.15) is 5.10 Å².